The molecule has 0 bridgehead atoms. The van der Waals surface area contributed by atoms with E-state index in [1.165, 1.54) is 0 Å². The van der Waals surface area contributed by atoms with E-state index in [9.17, 15) is 0 Å². The monoisotopic (exact) mass is 360 g/mol. The Morgan fingerprint density at radius 3 is 2.96 bits per heavy atom. The second-order valence-corrected chi connectivity index (χ2v) is 6.77. The van der Waals surface area contributed by atoms with Crippen LogP contribution < -0.4 is 14.2 Å². The highest BCUT2D eigenvalue weighted by Gasteiger charge is 2.23. The molecule has 1 atom stereocenters. The van der Waals surface area contributed by atoms with E-state index in [2.05, 4.69) is 11.9 Å². The van der Waals surface area contributed by atoms with E-state index < -0.39 is 0 Å². The summed E-state index contributed by atoms with van der Waals surface area (Å²) < 4.78 is 27.9. The maximum Gasteiger partial charge on any atom is 0.231 e. The molecule has 0 aliphatic carbocycles. The molecule has 1 aromatic carbocycles. The third kappa shape index (κ3) is 3.37. The zero-order chi connectivity index (χ0) is 18.1. The number of benzene rings is 1. The lowest BCUT2D eigenvalue weighted by atomic mass is 10.2. The average molecular weight is 360 g/mol. The quantitative estimate of drug-likeness (QED) is 0.784. The van der Waals surface area contributed by atoms with Crippen LogP contribution in [-0.4, -0.2) is 50.1 Å². The van der Waals surface area contributed by atoms with Crippen molar-refractivity contribution in [2.24, 2.45) is 0 Å². The van der Waals surface area contributed by atoms with Gasteiger partial charge < -0.3 is 23.4 Å². The minimum atomic E-state index is 0.193. The van der Waals surface area contributed by atoms with Gasteiger partial charge in [0.2, 0.25) is 18.4 Å². The Morgan fingerprint density at radius 2 is 2.19 bits per heavy atom. The molecule has 0 amide bonds. The molecule has 0 unspecified atom stereocenters. The van der Waals surface area contributed by atoms with Crippen LogP contribution in [-0.2, 0) is 11.3 Å². The smallest absolute Gasteiger partial charge is 0.231 e. The second-order valence-electron chi connectivity index (χ2n) is 6.77. The minimum absolute atomic E-state index is 0.193. The summed E-state index contributed by atoms with van der Waals surface area (Å²) in [4.78, 5) is 6.92. The molecule has 0 saturated carbocycles. The van der Waals surface area contributed by atoms with Crippen LogP contribution in [0.4, 0.5) is 0 Å². The van der Waals surface area contributed by atoms with Gasteiger partial charge in [-0.1, -0.05) is 0 Å². The molecular formula is C19H24N2O5. The van der Waals surface area contributed by atoms with Crippen molar-refractivity contribution >= 4 is 0 Å². The molecule has 1 fully saturated rings. The van der Waals surface area contributed by atoms with Crippen molar-refractivity contribution < 1.29 is 23.4 Å². The third-order valence-electron chi connectivity index (χ3n) is 4.76. The van der Waals surface area contributed by atoms with Gasteiger partial charge in [-0.25, -0.2) is 4.98 Å². The zero-order valence-electron chi connectivity index (χ0n) is 15.4. The second kappa shape index (κ2) is 7.17. The number of rotatable bonds is 6. The highest BCUT2D eigenvalue weighted by molar-refractivity contribution is 5.66. The SMILES string of the molecule is COc1cc(-c2nc(CN(C)C[C@@H]3CCCO3)c(C)o2)cc2c1OCO2. The van der Waals surface area contributed by atoms with Crippen LogP contribution in [0.15, 0.2) is 16.5 Å². The predicted octanol–water partition coefficient (Wildman–Crippen LogP) is 3.00. The molecule has 1 saturated heterocycles. The number of methoxy groups -OCH3 is 1. The number of hydrogen-bond acceptors (Lipinski definition) is 7. The summed E-state index contributed by atoms with van der Waals surface area (Å²) in [6, 6.07) is 3.73. The van der Waals surface area contributed by atoms with Gasteiger partial charge in [0.1, 0.15) is 5.76 Å². The molecule has 7 heteroatoms. The summed E-state index contributed by atoms with van der Waals surface area (Å²) in [5.74, 6) is 3.25. The Kier molecular flexibility index (Phi) is 4.74. The van der Waals surface area contributed by atoms with E-state index in [0.717, 1.165) is 49.6 Å². The lowest BCUT2D eigenvalue weighted by Gasteiger charge is -2.19. The largest absolute Gasteiger partial charge is 0.493 e. The number of aromatic nitrogens is 1. The minimum Gasteiger partial charge on any atom is -0.493 e. The first-order valence-electron chi connectivity index (χ1n) is 8.88. The molecule has 3 heterocycles. The van der Waals surface area contributed by atoms with Gasteiger partial charge in [-0.3, -0.25) is 4.90 Å². The highest BCUT2D eigenvalue weighted by Crippen LogP contribution is 2.44. The summed E-state index contributed by atoms with van der Waals surface area (Å²) in [6.07, 6.45) is 2.60. The first kappa shape index (κ1) is 17.2. The summed E-state index contributed by atoms with van der Waals surface area (Å²) >= 11 is 0. The van der Waals surface area contributed by atoms with E-state index in [4.69, 9.17) is 28.3 Å². The maximum atomic E-state index is 5.91. The third-order valence-corrected chi connectivity index (χ3v) is 4.76. The Morgan fingerprint density at radius 1 is 1.31 bits per heavy atom. The zero-order valence-corrected chi connectivity index (χ0v) is 15.4. The van der Waals surface area contributed by atoms with Gasteiger partial charge in [0, 0.05) is 25.3 Å². The first-order valence-corrected chi connectivity index (χ1v) is 8.88. The number of aryl methyl sites for hydroxylation is 1. The molecule has 0 N–H and O–H groups in total. The predicted molar refractivity (Wildman–Crippen MR) is 94.7 cm³/mol. The van der Waals surface area contributed by atoms with Crippen molar-refractivity contribution in [2.45, 2.75) is 32.4 Å². The van der Waals surface area contributed by atoms with Crippen molar-refractivity contribution in [1.29, 1.82) is 0 Å². The van der Waals surface area contributed by atoms with Crippen LogP contribution in [0.1, 0.15) is 24.3 Å². The fourth-order valence-corrected chi connectivity index (χ4v) is 3.41. The van der Waals surface area contributed by atoms with Crippen LogP contribution in [0, 0.1) is 6.92 Å². The van der Waals surface area contributed by atoms with Crippen molar-refractivity contribution in [3.63, 3.8) is 0 Å². The summed E-state index contributed by atoms with van der Waals surface area (Å²) in [6.45, 7) is 4.63. The number of fused-ring (bicyclic) bond motifs is 1. The highest BCUT2D eigenvalue weighted by atomic mass is 16.7. The van der Waals surface area contributed by atoms with Gasteiger partial charge in [0.25, 0.3) is 0 Å². The fourth-order valence-electron chi connectivity index (χ4n) is 3.41. The molecule has 7 nitrogen and oxygen atoms in total. The van der Waals surface area contributed by atoms with Gasteiger partial charge in [-0.15, -0.1) is 0 Å². The standard InChI is InChI=1S/C19H24N2O5/c1-12-15(10-21(2)9-14-5-4-6-23-14)20-19(26-12)13-7-16(22-3)18-17(8-13)24-11-25-18/h7-8,14H,4-6,9-11H2,1-3H3/t14-/m0/s1. The summed E-state index contributed by atoms with van der Waals surface area (Å²) in [5.41, 5.74) is 1.74. The lowest BCUT2D eigenvalue weighted by molar-refractivity contribution is 0.0789. The molecular weight excluding hydrogens is 336 g/mol. The Bertz CT molecular complexity index is 782. The summed E-state index contributed by atoms with van der Waals surface area (Å²) in [5, 5.41) is 0. The van der Waals surface area contributed by atoms with Gasteiger partial charge in [0.15, 0.2) is 11.5 Å². The average Bonchev–Trinajstić information content (AvgIpc) is 3.36. The number of nitrogens with zero attached hydrogens (tertiary/aromatic N) is 2. The molecule has 2 aliphatic rings. The molecule has 140 valence electrons. The van der Waals surface area contributed by atoms with E-state index in [1.807, 2.05) is 19.1 Å². The van der Waals surface area contributed by atoms with E-state index in [0.29, 0.717) is 29.2 Å². The van der Waals surface area contributed by atoms with Crippen molar-refractivity contribution in [1.82, 2.24) is 9.88 Å². The molecule has 26 heavy (non-hydrogen) atoms. The lowest BCUT2D eigenvalue weighted by Crippen LogP contribution is -2.28. The molecule has 0 radical (unpaired) electrons. The molecule has 2 aromatic rings. The van der Waals surface area contributed by atoms with Gasteiger partial charge in [-0.2, -0.15) is 0 Å². The van der Waals surface area contributed by atoms with Crippen molar-refractivity contribution in [2.75, 3.05) is 34.1 Å². The van der Waals surface area contributed by atoms with Gasteiger partial charge in [-0.05, 0) is 38.9 Å². The maximum absolute atomic E-state index is 5.91. The van der Waals surface area contributed by atoms with Crippen LogP contribution >= 0.6 is 0 Å². The number of oxazole rings is 1. The van der Waals surface area contributed by atoms with Gasteiger partial charge >= 0.3 is 0 Å². The first-order chi connectivity index (χ1) is 12.6. The topological polar surface area (TPSA) is 66.2 Å². The summed E-state index contributed by atoms with van der Waals surface area (Å²) in [7, 11) is 3.69. The van der Waals surface area contributed by atoms with Crippen LogP contribution in [0.2, 0.25) is 0 Å². The van der Waals surface area contributed by atoms with Crippen LogP contribution in [0.25, 0.3) is 11.5 Å². The molecule has 2 aliphatic heterocycles. The number of likely N-dealkylation sites (N-methyl/N-ethyl adjacent to an activating group) is 1. The number of ether oxygens (including phenoxy) is 4. The van der Waals surface area contributed by atoms with E-state index in [1.54, 1.807) is 7.11 Å². The number of hydrogen-bond donors (Lipinski definition) is 0. The van der Waals surface area contributed by atoms with Crippen LogP contribution in [0.3, 0.4) is 0 Å². The Balaban J connectivity index is 1.53. The van der Waals surface area contributed by atoms with Gasteiger partial charge in [0.05, 0.1) is 18.9 Å². The normalized spacial score (nSPS) is 18.7. The molecule has 1 aromatic heterocycles. The van der Waals surface area contributed by atoms with Crippen molar-refractivity contribution in [3.05, 3.63) is 23.6 Å². The Hall–Kier alpha value is -2.25. The van der Waals surface area contributed by atoms with Crippen LogP contribution in [0.5, 0.6) is 17.2 Å². The van der Waals surface area contributed by atoms with Crippen molar-refractivity contribution in [3.8, 4) is 28.7 Å². The fraction of sp³-hybridized carbons (Fsp3) is 0.526. The molecule has 0 spiro atoms. The Labute approximate surface area is 152 Å². The van der Waals surface area contributed by atoms with E-state index >= 15 is 0 Å². The van der Waals surface area contributed by atoms with E-state index in [-0.39, 0.29) is 6.79 Å². The molecule has 4 rings (SSSR count).